The Morgan fingerprint density at radius 3 is 2.62 bits per heavy atom. The minimum atomic E-state index is -3.63. The molecule has 0 amide bonds. The average Bonchev–Trinajstić information content (AvgIpc) is 2.64. The normalized spacial score (nSPS) is 31.6. The van der Waals surface area contributed by atoms with E-state index in [-0.39, 0.29) is 47.3 Å². The van der Waals surface area contributed by atoms with Crippen LogP contribution >= 0.6 is 0 Å². The van der Waals surface area contributed by atoms with Gasteiger partial charge in [-0.15, -0.1) is 0 Å². The second-order valence-electron chi connectivity index (χ2n) is 5.57. The molecule has 116 valence electrons. The number of halogens is 2. The Balaban J connectivity index is 2.01. The first-order valence-corrected chi connectivity index (χ1v) is 8.51. The maximum absolute atomic E-state index is 13.8. The Morgan fingerprint density at radius 2 is 2.05 bits per heavy atom. The molecule has 0 bridgehead atoms. The van der Waals surface area contributed by atoms with Crippen molar-refractivity contribution in [3.05, 3.63) is 17.3 Å². The van der Waals surface area contributed by atoms with Crippen LogP contribution in [0.5, 0.6) is 5.88 Å². The van der Waals surface area contributed by atoms with Gasteiger partial charge in [-0.25, -0.2) is 22.2 Å². The fourth-order valence-corrected chi connectivity index (χ4v) is 3.58. The van der Waals surface area contributed by atoms with E-state index in [2.05, 4.69) is 4.98 Å². The van der Waals surface area contributed by atoms with Crippen LogP contribution in [0.15, 0.2) is 11.1 Å². The van der Waals surface area contributed by atoms with E-state index in [9.17, 15) is 22.3 Å². The molecule has 8 heteroatoms. The van der Waals surface area contributed by atoms with Gasteiger partial charge in [0.15, 0.2) is 9.84 Å². The summed E-state index contributed by atoms with van der Waals surface area (Å²) in [4.78, 5) is 3.75. The molecule has 0 aliphatic heterocycles. The number of sulfone groups is 1. The summed E-state index contributed by atoms with van der Waals surface area (Å²) in [6.07, 6.45) is -1.98. The Hall–Kier alpha value is -1.28. The first-order chi connectivity index (χ1) is 9.77. The van der Waals surface area contributed by atoms with E-state index in [0.29, 0.717) is 0 Å². The fraction of sp³-hybridized carbons (Fsp3) is 0.615. The standard InChI is InChI=1S/C13H15F2NO4S/c1-21(18,19)10-5-16-13(20-7-2-6(14)3-7)8-4-9(15)12(17)11(8)10/h5-7,9,12,17H,2-4H2,1H3/t6?,7?,9-,12-/m1/s1. The third-order valence-electron chi connectivity index (χ3n) is 3.90. The van der Waals surface area contributed by atoms with E-state index in [1.165, 1.54) is 0 Å². The highest BCUT2D eigenvalue weighted by Crippen LogP contribution is 2.42. The summed E-state index contributed by atoms with van der Waals surface area (Å²) in [6.45, 7) is 0. The molecule has 1 aromatic rings. The monoisotopic (exact) mass is 319 g/mol. The maximum atomic E-state index is 13.8. The highest BCUT2D eigenvalue weighted by molar-refractivity contribution is 7.90. The molecule has 2 aliphatic carbocycles. The molecular weight excluding hydrogens is 304 g/mol. The van der Waals surface area contributed by atoms with Gasteiger partial charge < -0.3 is 9.84 Å². The van der Waals surface area contributed by atoms with Gasteiger partial charge in [0.05, 0.1) is 4.90 Å². The molecule has 21 heavy (non-hydrogen) atoms. The fourth-order valence-electron chi connectivity index (χ4n) is 2.69. The summed E-state index contributed by atoms with van der Waals surface area (Å²) in [5, 5.41) is 9.88. The summed E-state index contributed by atoms with van der Waals surface area (Å²) < 4.78 is 55.5. The lowest BCUT2D eigenvalue weighted by Crippen LogP contribution is -2.35. The number of alkyl halides is 2. The van der Waals surface area contributed by atoms with Crippen molar-refractivity contribution < 1.29 is 27.0 Å². The number of ether oxygens (including phenoxy) is 1. The van der Waals surface area contributed by atoms with Gasteiger partial charge in [0, 0.05) is 42.8 Å². The SMILES string of the molecule is CS(=O)(=O)c1cnc(OC2CC(F)C2)c2c1[C@H](O)[C@H](F)C2. The first-order valence-electron chi connectivity index (χ1n) is 6.62. The summed E-state index contributed by atoms with van der Waals surface area (Å²) in [6, 6.07) is 0. The second kappa shape index (κ2) is 4.88. The van der Waals surface area contributed by atoms with Crippen molar-refractivity contribution in [3.63, 3.8) is 0 Å². The van der Waals surface area contributed by atoms with Crippen LogP contribution in [0.2, 0.25) is 0 Å². The molecule has 3 rings (SSSR count). The van der Waals surface area contributed by atoms with E-state index in [1.807, 2.05) is 0 Å². The third kappa shape index (κ3) is 2.50. The van der Waals surface area contributed by atoms with Gasteiger partial charge in [-0.05, 0) is 0 Å². The molecular formula is C13H15F2NO4S. The number of aromatic nitrogens is 1. The zero-order valence-electron chi connectivity index (χ0n) is 11.3. The number of hydrogen-bond donors (Lipinski definition) is 1. The van der Waals surface area contributed by atoms with Crippen LogP contribution in [0.1, 0.15) is 30.1 Å². The largest absolute Gasteiger partial charge is 0.474 e. The van der Waals surface area contributed by atoms with Gasteiger partial charge in [0.1, 0.15) is 24.6 Å². The topological polar surface area (TPSA) is 76.5 Å². The number of aliphatic hydroxyl groups is 1. The molecule has 2 atom stereocenters. The molecule has 1 fully saturated rings. The molecule has 0 spiro atoms. The van der Waals surface area contributed by atoms with Crippen LogP contribution in [-0.4, -0.2) is 43.2 Å². The number of rotatable bonds is 3. The predicted molar refractivity (Wildman–Crippen MR) is 69.5 cm³/mol. The maximum Gasteiger partial charge on any atom is 0.217 e. The second-order valence-corrected chi connectivity index (χ2v) is 7.55. The van der Waals surface area contributed by atoms with Gasteiger partial charge in [-0.1, -0.05) is 0 Å². The number of nitrogens with zero attached hydrogens (tertiary/aromatic N) is 1. The van der Waals surface area contributed by atoms with Gasteiger partial charge >= 0.3 is 0 Å². The molecule has 2 aliphatic rings. The highest BCUT2D eigenvalue weighted by atomic mass is 32.2. The average molecular weight is 319 g/mol. The number of fused-ring (bicyclic) bond motifs is 1. The van der Waals surface area contributed by atoms with Crippen LogP contribution in [0.3, 0.4) is 0 Å². The highest BCUT2D eigenvalue weighted by Gasteiger charge is 2.40. The van der Waals surface area contributed by atoms with Gasteiger partial charge in [0.25, 0.3) is 0 Å². The smallest absolute Gasteiger partial charge is 0.217 e. The van der Waals surface area contributed by atoms with Crippen LogP contribution in [0, 0.1) is 0 Å². The Kier molecular flexibility index (Phi) is 3.40. The molecule has 0 saturated heterocycles. The van der Waals surface area contributed by atoms with E-state index in [0.717, 1.165) is 12.5 Å². The van der Waals surface area contributed by atoms with E-state index < -0.39 is 28.3 Å². The zero-order valence-corrected chi connectivity index (χ0v) is 12.1. The quantitative estimate of drug-likeness (QED) is 0.908. The molecule has 1 saturated carbocycles. The minimum absolute atomic E-state index is 0.0196. The number of hydrogen-bond acceptors (Lipinski definition) is 5. The Labute approximate surface area is 120 Å². The van der Waals surface area contributed by atoms with Crippen molar-refractivity contribution in [3.8, 4) is 5.88 Å². The van der Waals surface area contributed by atoms with Crippen molar-refractivity contribution in [1.82, 2.24) is 4.98 Å². The summed E-state index contributed by atoms with van der Waals surface area (Å²) in [7, 11) is -3.63. The summed E-state index contributed by atoms with van der Waals surface area (Å²) >= 11 is 0. The molecule has 1 aromatic heterocycles. The van der Waals surface area contributed by atoms with E-state index in [1.54, 1.807) is 0 Å². The summed E-state index contributed by atoms with van der Waals surface area (Å²) in [5.74, 6) is 0.0912. The summed E-state index contributed by atoms with van der Waals surface area (Å²) in [5.41, 5.74) is 0.284. The van der Waals surface area contributed by atoms with Crippen molar-refractivity contribution in [2.45, 2.75) is 48.7 Å². The van der Waals surface area contributed by atoms with Crippen LogP contribution in [-0.2, 0) is 16.3 Å². The van der Waals surface area contributed by atoms with Gasteiger partial charge in [0.2, 0.25) is 5.88 Å². The van der Waals surface area contributed by atoms with Crippen molar-refractivity contribution in [1.29, 1.82) is 0 Å². The van der Waals surface area contributed by atoms with Crippen molar-refractivity contribution in [2.75, 3.05) is 6.26 Å². The Bertz CT molecular complexity index is 673. The first kappa shape index (κ1) is 14.6. The van der Waals surface area contributed by atoms with Gasteiger partial charge in [-0.2, -0.15) is 0 Å². The van der Waals surface area contributed by atoms with E-state index >= 15 is 0 Å². The number of aliphatic hydroxyl groups excluding tert-OH is 1. The van der Waals surface area contributed by atoms with Crippen molar-refractivity contribution >= 4 is 9.84 Å². The molecule has 0 radical (unpaired) electrons. The zero-order chi connectivity index (χ0) is 15.4. The molecule has 0 unspecified atom stereocenters. The van der Waals surface area contributed by atoms with Crippen LogP contribution < -0.4 is 4.74 Å². The predicted octanol–water partition coefficient (Wildman–Crippen LogP) is 1.29. The lowest BCUT2D eigenvalue weighted by Gasteiger charge is -2.30. The minimum Gasteiger partial charge on any atom is -0.474 e. The van der Waals surface area contributed by atoms with Crippen molar-refractivity contribution in [2.24, 2.45) is 0 Å². The van der Waals surface area contributed by atoms with Crippen LogP contribution in [0.4, 0.5) is 8.78 Å². The van der Waals surface area contributed by atoms with E-state index in [4.69, 9.17) is 4.74 Å². The van der Waals surface area contributed by atoms with Crippen LogP contribution in [0.25, 0.3) is 0 Å². The molecule has 0 aromatic carbocycles. The molecule has 1 heterocycles. The number of pyridine rings is 1. The van der Waals surface area contributed by atoms with Gasteiger partial charge in [-0.3, -0.25) is 0 Å². The Morgan fingerprint density at radius 1 is 1.38 bits per heavy atom. The molecule has 1 N–H and O–H groups in total. The third-order valence-corrected chi connectivity index (χ3v) is 5.02. The lowest BCUT2D eigenvalue weighted by atomic mass is 9.93. The lowest BCUT2D eigenvalue weighted by molar-refractivity contribution is 0.0369. The molecule has 5 nitrogen and oxygen atoms in total.